The lowest BCUT2D eigenvalue weighted by molar-refractivity contribution is 0.134. The molecule has 0 saturated carbocycles. The molecule has 3 nitrogen and oxygen atoms in total. The van der Waals surface area contributed by atoms with Crippen LogP contribution in [0.4, 0.5) is 0 Å². The summed E-state index contributed by atoms with van der Waals surface area (Å²) >= 11 is 11.8. The minimum absolute atomic E-state index is 0.379. The van der Waals surface area contributed by atoms with Gasteiger partial charge in [-0.1, -0.05) is 29.3 Å². The van der Waals surface area contributed by atoms with Crippen molar-refractivity contribution in [3.8, 4) is 0 Å². The van der Waals surface area contributed by atoms with E-state index in [0.29, 0.717) is 29.7 Å². The van der Waals surface area contributed by atoms with Crippen LogP contribution in [0.3, 0.4) is 0 Å². The maximum absolute atomic E-state index is 9.65. The number of rotatable bonds is 6. The minimum atomic E-state index is -0.379. The molecule has 2 N–H and O–H groups in total. The van der Waals surface area contributed by atoms with Crippen molar-refractivity contribution in [3.63, 3.8) is 0 Å². The van der Waals surface area contributed by atoms with Crippen molar-refractivity contribution in [1.29, 1.82) is 0 Å². The van der Waals surface area contributed by atoms with Crippen LogP contribution in [0.15, 0.2) is 18.2 Å². The molecule has 1 aromatic rings. The van der Waals surface area contributed by atoms with Crippen molar-refractivity contribution in [3.05, 3.63) is 33.8 Å². The number of halogens is 2. The van der Waals surface area contributed by atoms with Crippen LogP contribution in [0.5, 0.6) is 0 Å². The summed E-state index contributed by atoms with van der Waals surface area (Å²) in [7, 11) is 3.86. The molecule has 0 radical (unpaired) electrons. The van der Waals surface area contributed by atoms with Gasteiger partial charge in [-0.05, 0) is 31.8 Å². The molecular weight excluding hydrogens is 259 g/mol. The number of likely N-dealkylation sites (N-methyl/N-ethyl adjacent to an activating group) is 1. The van der Waals surface area contributed by atoms with Gasteiger partial charge in [-0.25, -0.2) is 0 Å². The molecule has 1 unspecified atom stereocenters. The SMILES string of the molecule is CN(C)CC(O)CNCc1ccc(Cl)cc1Cl. The van der Waals surface area contributed by atoms with Crippen molar-refractivity contribution in [2.75, 3.05) is 27.2 Å². The Bertz CT molecular complexity index is 358. The van der Waals surface area contributed by atoms with Crippen LogP contribution in [-0.2, 0) is 6.54 Å². The first kappa shape index (κ1) is 14.7. The summed E-state index contributed by atoms with van der Waals surface area (Å²) < 4.78 is 0. The third-order valence-corrected chi connectivity index (χ3v) is 2.87. The van der Waals surface area contributed by atoms with Crippen LogP contribution in [0.1, 0.15) is 5.56 Å². The van der Waals surface area contributed by atoms with Crippen molar-refractivity contribution in [1.82, 2.24) is 10.2 Å². The number of nitrogens with zero attached hydrogens (tertiary/aromatic N) is 1. The van der Waals surface area contributed by atoms with Crippen LogP contribution in [0.25, 0.3) is 0 Å². The number of aliphatic hydroxyl groups excluding tert-OH is 1. The zero-order chi connectivity index (χ0) is 12.8. The monoisotopic (exact) mass is 276 g/mol. The molecule has 96 valence electrons. The highest BCUT2D eigenvalue weighted by atomic mass is 35.5. The van der Waals surface area contributed by atoms with Crippen molar-refractivity contribution in [2.24, 2.45) is 0 Å². The van der Waals surface area contributed by atoms with Gasteiger partial charge in [-0.2, -0.15) is 0 Å². The molecule has 17 heavy (non-hydrogen) atoms. The molecule has 1 rings (SSSR count). The molecule has 0 bridgehead atoms. The van der Waals surface area contributed by atoms with E-state index in [2.05, 4.69) is 5.32 Å². The van der Waals surface area contributed by atoms with Gasteiger partial charge < -0.3 is 15.3 Å². The Labute approximate surface area is 112 Å². The minimum Gasteiger partial charge on any atom is -0.390 e. The van der Waals surface area contributed by atoms with E-state index in [4.69, 9.17) is 23.2 Å². The average Bonchev–Trinajstić information content (AvgIpc) is 2.20. The van der Waals surface area contributed by atoms with Crippen LogP contribution in [0.2, 0.25) is 10.0 Å². The van der Waals surface area contributed by atoms with Crippen LogP contribution in [-0.4, -0.2) is 43.3 Å². The largest absolute Gasteiger partial charge is 0.390 e. The highest BCUT2D eigenvalue weighted by molar-refractivity contribution is 6.35. The van der Waals surface area contributed by atoms with Gasteiger partial charge in [0.25, 0.3) is 0 Å². The Morgan fingerprint density at radius 1 is 1.35 bits per heavy atom. The lowest BCUT2D eigenvalue weighted by Crippen LogP contribution is -2.34. The maximum Gasteiger partial charge on any atom is 0.0791 e. The summed E-state index contributed by atoms with van der Waals surface area (Å²) in [5.74, 6) is 0. The summed E-state index contributed by atoms with van der Waals surface area (Å²) in [6, 6.07) is 5.41. The highest BCUT2D eigenvalue weighted by Gasteiger charge is 2.06. The number of nitrogens with one attached hydrogen (secondary N) is 1. The third kappa shape index (κ3) is 5.70. The summed E-state index contributed by atoms with van der Waals surface area (Å²) in [6.07, 6.45) is -0.379. The van der Waals surface area contributed by atoms with Gasteiger partial charge in [-0.3, -0.25) is 0 Å². The Hall–Kier alpha value is -0.320. The molecule has 5 heteroatoms. The van der Waals surface area contributed by atoms with Gasteiger partial charge in [-0.15, -0.1) is 0 Å². The van der Waals surface area contributed by atoms with Crippen molar-refractivity contribution < 1.29 is 5.11 Å². The Kier molecular flexibility index (Phi) is 6.23. The fraction of sp³-hybridized carbons (Fsp3) is 0.500. The maximum atomic E-state index is 9.65. The third-order valence-electron chi connectivity index (χ3n) is 2.29. The van der Waals surface area contributed by atoms with Gasteiger partial charge in [0, 0.05) is 29.7 Å². The van der Waals surface area contributed by atoms with Gasteiger partial charge in [0.05, 0.1) is 6.10 Å². The first-order chi connectivity index (χ1) is 7.99. The molecule has 0 aliphatic rings. The molecule has 0 saturated heterocycles. The second-order valence-electron chi connectivity index (χ2n) is 4.28. The van der Waals surface area contributed by atoms with E-state index < -0.39 is 0 Å². The lowest BCUT2D eigenvalue weighted by atomic mass is 10.2. The zero-order valence-electron chi connectivity index (χ0n) is 10.1. The number of aliphatic hydroxyl groups is 1. The number of hydrogen-bond donors (Lipinski definition) is 2. The number of hydrogen-bond acceptors (Lipinski definition) is 3. The smallest absolute Gasteiger partial charge is 0.0791 e. The molecule has 0 spiro atoms. The van der Waals surface area contributed by atoms with Gasteiger partial charge in [0.15, 0.2) is 0 Å². The second kappa shape index (κ2) is 7.19. The normalized spacial score (nSPS) is 13.1. The zero-order valence-corrected chi connectivity index (χ0v) is 11.6. The van der Waals surface area contributed by atoms with Crippen LogP contribution in [0, 0.1) is 0 Å². The molecule has 0 fully saturated rings. The lowest BCUT2D eigenvalue weighted by Gasteiger charge is -2.16. The molecule has 0 aromatic heterocycles. The summed E-state index contributed by atoms with van der Waals surface area (Å²) in [5.41, 5.74) is 0.980. The number of benzene rings is 1. The molecule has 0 heterocycles. The average molecular weight is 277 g/mol. The molecule has 1 atom stereocenters. The van der Waals surface area contributed by atoms with Crippen molar-refractivity contribution in [2.45, 2.75) is 12.6 Å². The molecule has 0 aliphatic heterocycles. The van der Waals surface area contributed by atoms with Crippen LogP contribution < -0.4 is 5.32 Å². The van der Waals surface area contributed by atoms with E-state index >= 15 is 0 Å². The van der Waals surface area contributed by atoms with E-state index in [-0.39, 0.29) is 6.10 Å². The predicted octanol–water partition coefficient (Wildman–Crippen LogP) is 2.01. The summed E-state index contributed by atoms with van der Waals surface area (Å²) in [4.78, 5) is 1.95. The standard InChI is InChI=1S/C12H18Cl2N2O/c1-16(2)8-11(17)7-15-6-9-3-4-10(13)5-12(9)14/h3-5,11,15,17H,6-8H2,1-2H3. The molecular formula is C12H18Cl2N2O. The van der Waals surface area contributed by atoms with Gasteiger partial charge in [0.1, 0.15) is 0 Å². The Morgan fingerprint density at radius 3 is 2.65 bits per heavy atom. The molecule has 0 amide bonds. The predicted molar refractivity (Wildman–Crippen MR) is 72.7 cm³/mol. The Balaban J connectivity index is 2.35. The van der Waals surface area contributed by atoms with E-state index in [9.17, 15) is 5.11 Å². The van der Waals surface area contributed by atoms with Crippen LogP contribution >= 0.6 is 23.2 Å². The second-order valence-corrected chi connectivity index (χ2v) is 5.13. The summed E-state index contributed by atoms with van der Waals surface area (Å²) in [6.45, 7) is 1.80. The first-order valence-electron chi connectivity index (χ1n) is 5.46. The fourth-order valence-electron chi connectivity index (χ4n) is 1.52. The highest BCUT2D eigenvalue weighted by Crippen LogP contribution is 2.20. The fourth-order valence-corrected chi connectivity index (χ4v) is 2.00. The van der Waals surface area contributed by atoms with E-state index in [1.54, 1.807) is 12.1 Å². The molecule has 0 aliphatic carbocycles. The quantitative estimate of drug-likeness (QED) is 0.835. The Morgan fingerprint density at radius 2 is 2.06 bits per heavy atom. The topological polar surface area (TPSA) is 35.5 Å². The molecule has 1 aromatic carbocycles. The van der Waals surface area contributed by atoms with Gasteiger partial charge in [0.2, 0.25) is 0 Å². The van der Waals surface area contributed by atoms with E-state index in [1.165, 1.54) is 0 Å². The van der Waals surface area contributed by atoms with E-state index in [1.807, 2.05) is 25.1 Å². The summed E-state index contributed by atoms with van der Waals surface area (Å²) in [5, 5.41) is 14.1. The van der Waals surface area contributed by atoms with Crippen molar-refractivity contribution >= 4 is 23.2 Å². The van der Waals surface area contributed by atoms with Gasteiger partial charge >= 0.3 is 0 Å². The van der Waals surface area contributed by atoms with E-state index in [0.717, 1.165) is 5.56 Å². The first-order valence-corrected chi connectivity index (χ1v) is 6.22.